The predicted octanol–water partition coefficient (Wildman–Crippen LogP) is 2.77. The number of amides is 1. The molecule has 2 rings (SSSR count). The molecule has 0 bridgehead atoms. The second-order valence-electron chi connectivity index (χ2n) is 6.26. The molecule has 2 N–H and O–H groups in total. The van der Waals surface area contributed by atoms with Crippen molar-refractivity contribution in [2.24, 2.45) is 0 Å². The molecule has 0 fully saturated rings. The highest BCUT2D eigenvalue weighted by Crippen LogP contribution is 2.14. The Hall–Kier alpha value is -2.64. The van der Waals surface area contributed by atoms with Gasteiger partial charge in [0.25, 0.3) is 0 Å². The average molecular weight is 373 g/mol. The number of anilines is 2. The minimum absolute atomic E-state index is 0.231. The first-order valence-corrected chi connectivity index (χ1v) is 9.91. The van der Waals surface area contributed by atoms with Gasteiger partial charge in [0, 0.05) is 24.0 Å². The normalized spacial score (nSPS) is 11.7. The van der Waals surface area contributed by atoms with Crippen LogP contribution in [0.4, 0.5) is 11.4 Å². The smallest absolute Gasteiger partial charge is 0.248 e. The molecule has 0 saturated carbocycles. The van der Waals surface area contributed by atoms with Crippen molar-refractivity contribution in [1.82, 2.24) is 4.90 Å². The number of nitrogens with one attached hydrogen (secondary N) is 2. The summed E-state index contributed by atoms with van der Waals surface area (Å²) >= 11 is 0. The van der Waals surface area contributed by atoms with Gasteiger partial charge in [0.1, 0.15) is 0 Å². The van der Waals surface area contributed by atoms with Crippen LogP contribution in [-0.4, -0.2) is 39.6 Å². The van der Waals surface area contributed by atoms with Crippen molar-refractivity contribution < 1.29 is 13.2 Å². The topological polar surface area (TPSA) is 78.5 Å². The molecule has 0 aliphatic rings. The van der Waals surface area contributed by atoms with Crippen LogP contribution in [0.15, 0.2) is 54.6 Å². The van der Waals surface area contributed by atoms with E-state index in [0.29, 0.717) is 5.69 Å². The van der Waals surface area contributed by atoms with E-state index in [1.807, 2.05) is 38.4 Å². The van der Waals surface area contributed by atoms with Gasteiger partial charge in [0.15, 0.2) is 0 Å². The van der Waals surface area contributed by atoms with Crippen molar-refractivity contribution in [1.29, 1.82) is 0 Å². The standard InChI is InChI=1S/C19H23N3O3S/c1-22(2)14-16-5-4-6-18(13-16)20-19(23)12-9-15-7-10-17(11-8-15)21-26(3,24)25/h4-13,21H,14H2,1-3H3,(H,20,23)/b12-9+. The molecule has 2 aromatic rings. The lowest BCUT2D eigenvalue weighted by Crippen LogP contribution is -2.12. The Balaban J connectivity index is 1.97. The van der Waals surface area contributed by atoms with E-state index < -0.39 is 10.0 Å². The van der Waals surface area contributed by atoms with Crippen LogP contribution in [0.1, 0.15) is 11.1 Å². The van der Waals surface area contributed by atoms with Crippen molar-refractivity contribution >= 4 is 33.4 Å². The molecule has 0 aliphatic carbocycles. The summed E-state index contributed by atoms with van der Waals surface area (Å²) in [6.45, 7) is 0.799. The van der Waals surface area contributed by atoms with Crippen molar-refractivity contribution in [3.05, 3.63) is 65.7 Å². The molecule has 0 aromatic heterocycles. The minimum atomic E-state index is -3.30. The lowest BCUT2D eigenvalue weighted by Gasteiger charge is -2.11. The van der Waals surface area contributed by atoms with Gasteiger partial charge in [-0.05, 0) is 55.6 Å². The van der Waals surface area contributed by atoms with E-state index in [9.17, 15) is 13.2 Å². The molecule has 0 aliphatic heterocycles. The van der Waals surface area contributed by atoms with Crippen molar-refractivity contribution in [3.63, 3.8) is 0 Å². The largest absolute Gasteiger partial charge is 0.323 e. The van der Waals surface area contributed by atoms with E-state index in [1.54, 1.807) is 30.3 Å². The van der Waals surface area contributed by atoms with Crippen molar-refractivity contribution in [2.45, 2.75) is 6.54 Å². The summed E-state index contributed by atoms with van der Waals surface area (Å²) in [5.74, 6) is -0.231. The molecule has 0 saturated heterocycles. The van der Waals surface area contributed by atoms with Crippen LogP contribution in [0.2, 0.25) is 0 Å². The number of nitrogens with zero attached hydrogens (tertiary/aromatic N) is 1. The first-order valence-electron chi connectivity index (χ1n) is 8.02. The van der Waals surface area contributed by atoms with E-state index in [2.05, 4.69) is 14.9 Å². The summed E-state index contributed by atoms with van der Waals surface area (Å²) in [6.07, 6.45) is 4.21. The summed E-state index contributed by atoms with van der Waals surface area (Å²) in [6, 6.07) is 14.5. The monoisotopic (exact) mass is 373 g/mol. The van der Waals surface area contributed by atoms with Crippen LogP contribution in [0, 0.1) is 0 Å². The van der Waals surface area contributed by atoms with Gasteiger partial charge >= 0.3 is 0 Å². The second-order valence-corrected chi connectivity index (χ2v) is 8.01. The van der Waals surface area contributed by atoms with Crippen LogP contribution in [0.25, 0.3) is 6.08 Å². The Morgan fingerprint density at radius 2 is 1.77 bits per heavy atom. The average Bonchev–Trinajstić information content (AvgIpc) is 2.52. The molecule has 0 spiro atoms. The summed E-state index contributed by atoms with van der Waals surface area (Å²) < 4.78 is 24.7. The Bertz CT molecular complexity index is 889. The summed E-state index contributed by atoms with van der Waals surface area (Å²) in [7, 11) is 0.685. The third kappa shape index (κ3) is 7.08. The summed E-state index contributed by atoms with van der Waals surface area (Å²) in [4.78, 5) is 14.1. The van der Waals surface area contributed by atoms with Gasteiger partial charge in [-0.1, -0.05) is 24.3 Å². The quantitative estimate of drug-likeness (QED) is 0.732. The lowest BCUT2D eigenvalue weighted by molar-refractivity contribution is -0.111. The first-order chi connectivity index (χ1) is 12.2. The van der Waals surface area contributed by atoms with Crippen molar-refractivity contribution in [3.8, 4) is 0 Å². The van der Waals surface area contributed by atoms with Crippen LogP contribution in [0.5, 0.6) is 0 Å². The van der Waals surface area contributed by atoms with Crippen LogP contribution < -0.4 is 10.0 Å². The maximum absolute atomic E-state index is 12.1. The van der Waals surface area contributed by atoms with Crippen LogP contribution in [0.3, 0.4) is 0 Å². The molecule has 0 radical (unpaired) electrons. The molecule has 7 heteroatoms. The SMILES string of the molecule is CN(C)Cc1cccc(NC(=O)/C=C/c2ccc(NS(C)(=O)=O)cc2)c1. The fourth-order valence-electron chi connectivity index (χ4n) is 2.34. The van der Waals surface area contributed by atoms with Gasteiger partial charge in [0.2, 0.25) is 15.9 Å². The molecular weight excluding hydrogens is 350 g/mol. The van der Waals surface area contributed by atoms with Crippen molar-refractivity contribution in [2.75, 3.05) is 30.4 Å². The molecule has 0 atom stereocenters. The zero-order valence-corrected chi connectivity index (χ0v) is 15.9. The molecule has 2 aromatic carbocycles. The highest BCUT2D eigenvalue weighted by molar-refractivity contribution is 7.92. The van der Waals surface area contributed by atoms with E-state index in [-0.39, 0.29) is 5.91 Å². The number of carbonyl (C=O) groups is 1. The van der Waals surface area contributed by atoms with E-state index in [1.165, 1.54) is 6.08 Å². The number of hydrogen-bond donors (Lipinski definition) is 2. The molecule has 0 unspecified atom stereocenters. The molecular formula is C19H23N3O3S. The fraction of sp³-hybridized carbons (Fsp3) is 0.211. The fourth-order valence-corrected chi connectivity index (χ4v) is 2.91. The Morgan fingerprint density at radius 3 is 2.38 bits per heavy atom. The van der Waals surface area contributed by atoms with Gasteiger partial charge in [0.05, 0.1) is 6.26 Å². The van der Waals surface area contributed by atoms with Crippen LogP contribution in [-0.2, 0) is 21.4 Å². The van der Waals surface area contributed by atoms with Crippen LogP contribution >= 0.6 is 0 Å². The Morgan fingerprint density at radius 1 is 1.08 bits per heavy atom. The van der Waals surface area contributed by atoms with E-state index in [4.69, 9.17) is 0 Å². The van der Waals surface area contributed by atoms with E-state index in [0.717, 1.165) is 29.6 Å². The molecule has 6 nitrogen and oxygen atoms in total. The zero-order valence-electron chi connectivity index (χ0n) is 15.1. The highest BCUT2D eigenvalue weighted by Gasteiger charge is 2.02. The van der Waals surface area contributed by atoms with Gasteiger partial charge in [-0.15, -0.1) is 0 Å². The third-order valence-corrected chi connectivity index (χ3v) is 3.94. The third-order valence-electron chi connectivity index (χ3n) is 3.33. The maximum Gasteiger partial charge on any atom is 0.248 e. The molecule has 26 heavy (non-hydrogen) atoms. The number of hydrogen-bond acceptors (Lipinski definition) is 4. The minimum Gasteiger partial charge on any atom is -0.323 e. The molecule has 0 heterocycles. The molecule has 1 amide bonds. The van der Waals surface area contributed by atoms with Gasteiger partial charge in [-0.2, -0.15) is 0 Å². The number of rotatable bonds is 7. The second kappa shape index (κ2) is 8.64. The Labute approximate surface area is 154 Å². The van der Waals surface area contributed by atoms with E-state index >= 15 is 0 Å². The van der Waals surface area contributed by atoms with Gasteiger partial charge in [-0.3, -0.25) is 9.52 Å². The predicted molar refractivity (Wildman–Crippen MR) is 106 cm³/mol. The number of sulfonamides is 1. The Kier molecular flexibility index (Phi) is 6.54. The summed E-state index contributed by atoms with van der Waals surface area (Å²) in [5, 5.41) is 2.83. The zero-order chi connectivity index (χ0) is 19.2. The lowest BCUT2D eigenvalue weighted by atomic mass is 10.2. The summed E-state index contributed by atoms with van der Waals surface area (Å²) in [5.41, 5.74) is 3.13. The number of carbonyl (C=O) groups excluding carboxylic acids is 1. The number of benzene rings is 2. The van der Waals surface area contributed by atoms with Gasteiger partial charge < -0.3 is 10.2 Å². The maximum atomic E-state index is 12.1. The first kappa shape index (κ1) is 19.7. The molecule has 138 valence electrons. The van der Waals surface area contributed by atoms with Gasteiger partial charge in [-0.25, -0.2) is 8.42 Å². The highest BCUT2D eigenvalue weighted by atomic mass is 32.2.